The number of hydroxylamine groups is 1. The molecule has 96 valence electrons. The second-order valence-corrected chi connectivity index (χ2v) is 4.16. The van der Waals surface area contributed by atoms with Gasteiger partial charge >= 0.3 is 0 Å². The van der Waals surface area contributed by atoms with Crippen LogP contribution in [0, 0.1) is 0 Å². The molecule has 0 aromatic heterocycles. The molecule has 0 aliphatic heterocycles. The first-order valence-corrected chi connectivity index (χ1v) is 5.99. The molecule has 1 atom stereocenters. The van der Waals surface area contributed by atoms with E-state index in [0.717, 1.165) is 0 Å². The first-order valence-electron chi connectivity index (χ1n) is 5.24. The monoisotopic (exact) mass is 279 g/mol. The van der Waals surface area contributed by atoms with E-state index in [1.165, 1.54) is 0 Å². The third kappa shape index (κ3) is 5.57. The number of aliphatic hydroxyl groups is 1. The summed E-state index contributed by atoms with van der Waals surface area (Å²) in [5.74, 6) is 0.492. The summed E-state index contributed by atoms with van der Waals surface area (Å²) in [6.07, 6.45) is -0.673. The molecule has 0 spiro atoms. The largest absolute Gasteiger partial charge is 0.489 e. The van der Waals surface area contributed by atoms with E-state index in [1.807, 2.05) is 6.92 Å². The van der Waals surface area contributed by atoms with Crippen LogP contribution in [-0.2, 0) is 4.84 Å². The van der Waals surface area contributed by atoms with Gasteiger partial charge < -0.3 is 14.7 Å². The highest BCUT2D eigenvalue weighted by Gasteiger charge is 2.07. The summed E-state index contributed by atoms with van der Waals surface area (Å²) in [6.45, 7) is 2.81. The Labute approximate surface area is 110 Å². The van der Waals surface area contributed by atoms with Gasteiger partial charge in [0, 0.05) is 5.02 Å². The molecule has 17 heavy (non-hydrogen) atoms. The van der Waals surface area contributed by atoms with Crippen LogP contribution in [0.1, 0.15) is 6.92 Å². The molecule has 0 heterocycles. The molecule has 1 rings (SSSR count). The minimum absolute atomic E-state index is 0.126. The van der Waals surface area contributed by atoms with Crippen molar-refractivity contribution in [2.24, 2.45) is 0 Å². The van der Waals surface area contributed by atoms with Gasteiger partial charge in [-0.1, -0.05) is 23.2 Å². The van der Waals surface area contributed by atoms with Gasteiger partial charge in [-0.15, -0.1) is 0 Å². The Kier molecular flexibility index (Phi) is 6.62. The number of rotatable bonds is 7. The number of hydrogen-bond acceptors (Lipinski definition) is 4. The Bertz CT molecular complexity index is 349. The molecule has 0 saturated heterocycles. The summed E-state index contributed by atoms with van der Waals surface area (Å²) in [5.41, 5.74) is 2.61. The lowest BCUT2D eigenvalue weighted by atomic mass is 10.3. The van der Waals surface area contributed by atoms with Gasteiger partial charge in [0.25, 0.3) is 0 Å². The van der Waals surface area contributed by atoms with Crippen LogP contribution >= 0.6 is 23.2 Å². The summed E-state index contributed by atoms with van der Waals surface area (Å²) < 4.78 is 5.35. The molecule has 0 aliphatic carbocycles. The average Bonchev–Trinajstić information content (AvgIpc) is 2.28. The Hall–Kier alpha value is -0.520. The molecule has 1 aromatic rings. The second-order valence-electron chi connectivity index (χ2n) is 3.32. The van der Waals surface area contributed by atoms with Crippen molar-refractivity contribution in [1.82, 2.24) is 5.48 Å². The summed E-state index contributed by atoms with van der Waals surface area (Å²) in [7, 11) is 0. The fourth-order valence-corrected chi connectivity index (χ4v) is 1.56. The predicted molar refractivity (Wildman–Crippen MR) is 67.6 cm³/mol. The van der Waals surface area contributed by atoms with Crippen molar-refractivity contribution in [2.75, 3.05) is 19.8 Å². The first kappa shape index (κ1) is 14.5. The van der Waals surface area contributed by atoms with E-state index in [9.17, 15) is 5.11 Å². The van der Waals surface area contributed by atoms with Crippen molar-refractivity contribution in [3.05, 3.63) is 28.2 Å². The smallest absolute Gasteiger partial charge is 0.138 e. The fourth-order valence-electron chi connectivity index (χ4n) is 1.09. The third-order valence-corrected chi connectivity index (χ3v) is 2.42. The van der Waals surface area contributed by atoms with Crippen LogP contribution in [0.25, 0.3) is 0 Å². The zero-order chi connectivity index (χ0) is 12.7. The average molecular weight is 280 g/mol. The zero-order valence-corrected chi connectivity index (χ0v) is 11.0. The Morgan fingerprint density at radius 2 is 2.18 bits per heavy atom. The van der Waals surface area contributed by atoms with Gasteiger partial charge in [-0.25, -0.2) is 0 Å². The molecule has 0 bridgehead atoms. The van der Waals surface area contributed by atoms with Gasteiger partial charge in [0.05, 0.1) is 18.2 Å². The van der Waals surface area contributed by atoms with Crippen molar-refractivity contribution in [2.45, 2.75) is 13.0 Å². The van der Waals surface area contributed by atoms with Crippen LogP contribution in [0.5, 0.6) is 5.75 Å². The number of aliphatic hydroxyl groups excluding tert-OH is 1. The van der Waals surface area contributed by atoms with E-state index in [-0.39, 0.29) is 6.61 Å². The highest BCUT2D eigenvalue weighted by Crippen LogP contribution is 2.27. The van der Waals surface area contributed by atoms with Crippen molar-refractivity contribution >= 4 is 23.2 Å². The highest BCUT2D eigenvalue weighted by atomic mass is 35.5. The topological polar surface area (TPSA) is 50.7 Å². The second kappa shape index (κ2) is 7.74. The predicted octanol–water partition coefficient (Wildman–Crippen LogP) is 2.27. The van der Waals surface area contributed by atoms with E-state index >= 15 is 0 Å². The lowest BCUT2D eigenvalue weighted by molar-refractivity contribution is 0.00951. The standard InChI is InChI=1S/C11H15Cl2NO3/c1-2-17-14-6-9(15)7-16-11-4-3-8(12)5-10(11)13/h3-5,9,14-15H,2,6-7H2,1H3. The molecule has 0 radical (unpaired) electrons. The summed E-state index contributed by atoms with van der Waals surface area (Å²) in [5, 5.41) is 10.5. The van der Waals surface area contributed by atoms with Gasteiger partial charge in [0.15, 0.2) is 0 Å². The first-order chi connectivity index (χ1) is 8.13. The number of halogens is 2. The van der Waals surface area contributed by atoms with Gasteiger partial charge in [-0.3, -0.25) is 0 Å². The molecule has 1 aromatic carbocycles. The van der Waals surface area contributed by atoms with Crippen LogP contribution in [0.15, 0.2) is 18.2 Å². The molecule has 4 nitrogen and oxygen atoms in total. The van der Waals surface area contributed by atoms with Crippen molar-refractivity contribution in [3.63, 3.8) is 0 Å². The van der Waals surface area contributed by atoms with Gasteiger partial charge in [0.2, 0.25) is 0 Å². The fraction of sp³-hybridized carbons (Fsp3) is 0.455. The normalized spacial score (nSPS) is 12.5. The molecule has 0 saturated carbocycles. The molecule has 0 aliphatic rings. The van der Waals surface area contributed by atoms with E-state index < -0.39 is 6.10 Å². The maximum absolute atomic E-state index is 9.55. The number of nitrogens with one attached hydrogen (secondary N) is 1. The van der Waals surface area contributed by atoms with Crippen molar-refractivity contribution in [1.29, 1.82) is 0 Å². The number of hydrogen-bond donors (Lipinski definition) is 2. The summed E-state index contributed by atoms with van der Waals surface area (Å²) in [4.78, 5) is 4.89. The molecular weight excluding hydrogens is 265 g/mol. The van der Waals surface area contributed by atoms with E-state index in [1.54, 1.807) is 18.2 Å². The maximum Gasteiger partial charge on any atom is 0.138 e. The van der Waals surface area contributed by atoms with Crippen LogP contribution in [0.3, 0.4) is 0 Å². The number of ether oxygens (including phenoxy) is 1. The van der Waals surface area contributed by atoms with Gasteiger partial charge in [-0.2, -0.15) is 5.48 Å². The molecule has 0 fully saturated rings. The summed E-state index contributed by atoms with van der Waals surface area (Å²) in [6, 6.07) is 4.92. The molecule has 0 amide bonds. The van der Waals surface area contributed by atoms with Crippen LogP contribution in [0.4, 0.5) is 0 Å². The van der Waals surface area contributed by atoms with E-state index in [2.05, 4.69) is 5.48 Å². The quantitative estimate of drug-likeness (QED) is 0.594. The van der Waals surface area contributed by atoms with Crippen molar-refractivity contribution < 1.29 is 14.7 Å². The van der Waals surface area contributed by atoms with Crippen molar-refractivity contribution in [3.8, 4) is 5.75 Å². The van der Waals surface area contributed by atoms with Gasteiger partial charge in [0.1, 0.15) is 18.5 Å². The minimum Gasteiger partial charge on any atom is -0.489 e. The molecular formula is C11H15Cl2NO3. The maximum atomic E-state index is 9.55. The lowest BCUT2D eigenvalue weighted by Crippen LogP contribution is -2.31. The highest BCUT2D eigenvalue weighted by molar-refractivity contribution is 6.35. The van der Waals surface area contributed by atoms with Gasteiger partial charge in [-0.05, 0) is 25.1 Å². The molecule has 2 N–H and O–H groups in total. The van der Waals surface area contributed by atoms with E-state index in [4.69, 9.17) is 32.8 Å². The molecule has 6 heteroatoms. The SMILES string of the molecule is CCONCC(O)COc1ccc(Cl)cc1Cl. The summed E-state index contributed by atoms with van der Waals surface area (Å²) >= 11 is 11.7. The Morgan fingerprint density at radius 3 is 2.82 bits per heavy atom. The van der Waals surface area contributed by atoms with Crippen LogP contribution in [-0.4, -0.2) is 31.0 Å². The van der Waals surface area contributed by atoms with Crippen LogP contribution < -0.4 is 10.2 Å². The minimum atomic E-state index is -0.673. The lowest BCUT2D eigenvalue weighted by Gasteiger charge is -2.13. The van der Waals surface area contributed by atoms with Crippen LogP contribution in [0.2, 0.25) is 10.0 Å². The van der Waals surface area contributed by atoms with E-state index in [0.29, 0.717) is 28.9 Å². The zero-order valence-electron chi connectivity index (χ0n) is 9.45. The number of benzene rings is 1. The third-order valence-electron chi connectivity index (χ3n) is 1.89. The molecule has 1 unspecified atom stereocenters. The Balaban J connectivity index is 2.34. The Morgan fingerprint density at radius 1 is 1.41 bits per heavy atom.